The van der Waals surface area contributed by atoms with Crippen LogP contribution in [0.25, 0.3) is 0 Å². The third-order valence-corrected chi connectivity index (χ3v) is 4.57. The van der Waals surface area contributed by atoms with Gasteiger partial charge >= 0.3 is 0 Å². The number of hydrogen-bond donors (Lipinski definition) is 1. The van der Waals surface area contributed by atoms with E-state index in [1.165, 1.54) is 13.2 Å². The van der Waals surface area contributed by atoms with Gasteiger partial charge in [-0.1, -0.05) is 0 Å². The van der Waals surface area contributed by atoms with Crippen molar-refractivity contribution in [2.75, 3.05) is 30.4 Å². The second-order valence-corrected chi connectivity index (χ2v) is 6.51. The lowest BCUT2D eigenvalue weighted by Gasteiger charge is -2.26. The highest BCUT2D eigenvalue weighted by atomic mass is 19.2. The van der Waals surface area contributed by atoms with Crippen LogP contribution in [0, 0.1) is 11.6 Å². The van der Waals surface area contributed by atoms with Gasteiger partial charge in [-0.15, -0.1) is 0 Å². The van der Waals surface area contributed by atoms with Crippen LogP contribution in [0.2, 0.25) is 0 Å². The molecule has 1 heterocycles. The zero-order chi connectivity index (χ0) is 19.4. The lowest BCUT2D eigenvalue weighted by molar-refractivity contribution is 0.102. The lowest BCUT2D eigenvalue weighted by atomic mass is 10.1. The van der Waals surface area contributed by atoms with Crippen molar-refractivity contribution in [2.24, 2.45) is 0 Å². The van der Waals surface area contributed by atoms with Crippen molar-refractivity contribution in [1.82, 2.24) is 0 Å². The van der Waals surface area contributed by atoms with Gasteiger partial charge in [0, 0.05) is 30.4 Å². The fourth-order valence-corrected chi connectivity index (χ4v) is 3.16. The molecule has 0 aromatic heterocycles. The summed E-state index contributed by atoms with van der Waals surface area (Å²) in [6.45, 7) is 0.912. The third-order valence-electron chi connectivity index (χ3n) is 4.57. The highest BCUT2D eigenvalue weighted by molar-refractivity contribution is 6.05. The Balaban J connectivity index is 1.85. The van der Waals surface area contributed by atoms with E-state index in [2.05, 4.69) is 5.32 Å². The molecule has 1 aliphatic heterocycles. The van der Waals surface area contributed by atoms with Gasteiger partial charge in [0.05, 0.1) is 12.8 Å². The van der Waals surface area contributed by atoms with Crippen LogP contribution in [0.5, 0.6) is 5.75 Å². The molecule has 7 heteroatoms. The standard InChI is InChI=1S/C20H21F3N2O2/c1-27-19-8-5-13(10-18(19)25-9-3-2-4-14(21)12-25)20(26)24-15-6-7-16(22)17(23)11-15/h5-8,10-11,14H,2-4,9,12H2,1H3,(H,24,26). The van der Waals surface area contributed by atoms with Gasteiger partial charge in [-0.2, -0.15) is 0 Å². The number of nitrogens with zero attached hydrogens (tertiary/aromatic N) is 1. The van der Waals surface area contributed by atoms with Crippen molar-refractivity contribution in [3.05, 3.63) is 53.6 Å². The first kappa shape index (κ1) is 19.1. The van der Waals surface area contributed by atoms with E-state index in [1.807, 2.05) is 4.90 Å². The van der Waals surface area contributed by atoms with Crippen molar-refractivity contribution < 1.29 is 22.7 Å². The first-order valence-electron chi connectivity index (χ1n) is 8.81. The molecular weight excluding hydrogens is 357 g/mol. The molecule has 0 spiro atoms. The van der Waals surface area contributed by atoms with Crippen LogP contribution in [-0.2, 0) is 0 Å². The van der Waals surface area contributed by atoms with E-state index < -0.39 is 23.7 Å². The summed E-state index contributed by atoms with van der Waals surface area (Å²) < 4.78 is 45.7. The topological polar surface area (TPSA) is 41.6 Å². The average molecular weight is 378 g/mol. The first-order chi connectivity index (χ1) is 13.0. The maximum absolute atomic E-state index is 14.0. The molecule has 144 valence electrons. The molecule has 4 nitrogen and oxygen atoms in total. The molecule has 1 atom stereocenters. The number of benzene rings is 2. The van der Waals surface area contributed by atoms with Crippen LogP contribution in [0.3, 0.4) is 0 Å². The molecule has 1 aliphatic rings. The Kier molecular flexibility index (Phi) is 5.88. The van der Waals surface area contributed by atoms with Gasteiger partial charge in [-0.25, -0.2) is 13.2 Å². The van der Waals surface area contributed by atoms with Crippen molar-refractivity contribution in [1.29, 1.82) is 0 Å². The zero-order valence-corrected chi connectivity index (χ0v) is 15.0. The van der Waals surface area contributed by atoms with Gasteiger partial charge in [0.15, 0.2) is 11.6 Å². The molecule has 3 rings (SSSR count). The Morgan fingerprint density at radius 1 is 1.15 bits per heavy atom. The molecular formula is C20H21F3N2O2. The van der Waals surface area contributed by atoms with Crippen LogP contribution in [0.1, 0.15) is 29.6 Å². The Hall–Kier alpha value is -2.70. The summed E-state index contributed by atoms with van der Waals surface area (Å²) in [5.74, 6) is -1.95. The predicted octanol–water partition coefficient (Wildman–Crippen LogP) is 4.55. The van der Waals surface area contributed by atoms with E-state index in [9.17, 15) is 18.0 Å². The van der Waals surface area contributed by atoms with Gasteiger partial charge in [0.2, 0.25) is 0 Å². The number of rotatable bonds is 4. The molecule has 0 radical (unpaired) electrons. The van der Waals surface area contributed by atoms with Crippen LogP contribution >= 0.6 is 0 Å². The van der Waals surface area contributed by atoms with Gasteiger partial charge in [-0.05, 0) is 49.6 Å². The summed E-state index contributed by atoms with van der Waals surface area (Å²) in [4.78, 5) is 14.4. The summed E-state index contributed by atoms with van der Waals surface area (Å²) in [5.41, 5.74) is 1.10. The summed E-state index contributed by atoms with van der Waals surface area (Å²) in [7, 11) is 1.52. The lowest BCUT2D eigenvalue weighted by Crippen LogP contribution is -2.29. The average Bonchev–Trinajstić information content (AvgIpc) is 2.88. The minimum Gasteiger partial charge on any atom is -0.495 e. The summed E-state index contributed by atoms with van der Waals surface area (Å²) >= 11 is 0. The monoisotopic (exact) mass is 378 g/mol. The number of halogens is 3. The van der Waals surface area contributed by atoms with Crippen molar-refractivity contribution >= 4 is 17.3 Å². The Bertz CT molecular complexity index is 829. The number of amides is 1. The number of methoxy groups -OCH3 is 1. The number of alkyl halides is 1. The quantitative estimate of drug-likeness (QED) is 0.848. The Labute approximate surface area is 155 Å². The smallest absolute Gasteiger partial charge is 0.255 e. The number of hydrogen-bond acceptors (Lipinski definition) is 3. The molecule has 2 aromatic rings. The molecule has 1 unspecified atom stereocenters. The Morgan fingerprint density at radius 3 is 2.70 bits per heavy atom. The highest BCUT2D eigenvalue weighted by Gasteiger charge is 2.21. The highest BCUT2D eigenvalue weighted by Crippen LogP contribution is 2.32. The van der Waals surface area contributed by atoms with Crippen molar-refractivity contribution in [2.45, 2.75) is 25.4 Å². The van der Waals surface area contributed by atoms with Gasteiger partial charge in [-0.3, -0.25) is 4.79 Å². The number of carbonyl (C=O) groups is 1. The van der Waals surface area contributed by atoms with Crippen LogP contribution < -0.4 is 15.0 Å². The summed E-state index contributed by atoms with van der Waals surface area (Å²) in [6.07, 6.45) is 1.26. The normalized spacial score (nSPS) is 17.3. The SMILES string of the molecule is COc1ccc(C(=O)Nc2ccc(F)c(F)c2)cc1N1CCCCC(F)C1. The summed E-state index contributed by atoms with van der Waals surface area (Å²) in [6, 6.07) is 7.99. The molecule has 1 fully saturated rings. The van der Waals surface area contributed by atoms with E-state index in [1.54, 1.807) is 18.2 Å². The third kappa shape index (κ3) is 4.53. The molecule has 0 saturated carbocycles. The van der Waals surface area contributed by atoms with Gasteiger partial charge in [0.25, 0.3) is 5.91 Å². The molecule has 0 bridgehead atoms. The molecule has 0 aliphatic carbocycles. The van der Waals surface area contributed by atoms with E-state index in [0.717, 1.165) is 25.0 Å². The summed E-state index contributed by atoms with van der Waals surface area (Å²) in [5, 5.41) is 2.54. The molecule has 2 aromatic carbocycles. The number of nitrogens with one attached hydrogen (secondary N) is 1. The maximum atomic E-state index is 14.0. The number of anilines is 2. The molecule has 1 amide bonds. The molecule has 1 saturated heterocycles. The fraction of sp³-hybridized carbons (Fsp3) is 0.350. The van der Waals surface area contributed by atoms with Crippen LogP contribution in [0.4, 0.5) is 24.5 Å². The second kappa shape index (κ2) is 8.33. The van der Waals surface area contributed by atoms with E-state index >= 15 is 0 Å². The van der Waals surface area contributed by atoms with E-state index in [4.69, 9.17) is 4.74 Å². The fourth-order valence-electron chi connectivity index (χ4n) is 3.16. The van der Waals surface area contributed by atoms with Gasteiger partial charge < -0.3 is 15.0 Å². The minimum absolute atomic E-state index is 0.148. The van der Waals surface area contributed by atoms with Crippen molar-refractivity contribution in [3.63, 3.8) is 0 Å². The van der Waals surface area contributed by atoms with Crippen LogP contribution in [0.15, 0.2) is 36.4 Å². The van der Waals surface area contributed by atoms with Crippen molar-refractivity contribution in [3.8, 4) is 5.75 Å². The Morgan fingerprint density at radius 2 is 1.96 bits per heavy atom. The maximum Gasteiger partial charge on any atom is 0.255 e. The zero-order valence-electron chi connectivity index (χ0n) is 15.0. The van der Waals surface area contributed by atoms with E-state index in [-0.39, 0.29) is 12.2 Å². The largest absolute Gasteiger partial charge is 0.495 e. The minimum atomic E-state index is -1.04. The van der Waals surface area contributed by atoms with Crippen LogP contribution in [-0.4, -0.2) is 32.3 Å². The molecule has 27 heavy (non-hydrogen) atoms. The molecule has 1 N–H and O–H groups in total. The number of carbonyl (C=O) groups excluding carboxylic acids is 1. The van der Waals surface area contributed by atoms with Gasteiger partial charge in [0.1, 0.15) is 11.9 Å². The first-order valence-corrected chi connectivity index (χ1v) is 8.81. The number of ether oxygens (including phenoxy) is 1. The predicted molar refractivity (Wildman–Crippen MR) is 98.3 cm³/mol. The second-order valence-electron chi connectivity index (χ2n) is 6.51. The van der Waals surface area contributed by atoms with E-state index in [0.29, 0.717) is 30.0 Å².